The number of carbonyl (C=O) groups excluding carboxylic acids is 1. The number of benzene rings is 1. The number of aryl methyl sites for hydroxylation is 1. The summed E-state index contributed by atoms with van der Waals surface area (Å²) in [6.45, 7) is 2.02. The molecule has 2 N–H and O–H groups in total. The van der Waals surface area contributed by atoms with Crippen LogP contribution in [0.15, 0.2) is 36.4 Å². The van der Waals surface area contributed by atoms with Gasteiger partial charge in [0.2, 0.25) is 0 Å². The highest BCUT2D eigenvalue weighted by Crippen LogP contribution is 2.16. The molecule has 0 aliphatic rings. The van der Waals surface area contributed by atoms with E-state index in [-0.39, 0.29) is 18.3 Å². The van der Waals surface area contributed by atoms with Crippen molar-refractivity contribution >= 4 is 17.2 Å². The number of aliphatic hydroxyl groups excluding tert-OH is 1. The van der Waals surface area contributed by atoms with Crippen LogP contribution in [0.4, 0.5) is 4.39 Å². The lowest BCUT2D eigenvalue weighted by atomic mass is 10.1. The van der Waals surface area contributed by atoms with Crippen molar-refractivity contribution in [1.82, 2.24) is 5.32 Å². The molecule has 0 aliphatic heterocycles. The normalized spacial score (nSPS) is 12.2. The molecule has 3 nitrogen and oxygen atoms in total. The fraction of sp³-hybridized carbons (Fsp3) is 0.214. The van der Waals surface area contributed by atoms with Crippen molar-refractivity contribution < 1.29 is 14.3 Å². The Hall–Kier alpha value is -1.72. The lowest BCUT2D eigenvalue weighted by Gasteiger charge is -2.11. The lowest BCUT2D eigenvalue weighted by Crippen LogP contribution is -2.27. The fourth-order valence-corrected chi connectivity index (χ4v) is 2.42. The highest BCUT2D eigenvalue weighted by atomic mass is 32.1. The van der Waals surface area contributed by atoms with E-state index in [2.05, 4.69) is 5.32 Å². The van der Waals surface area contributed by atoms with Crippen LogP contribution in [0.25, 0.3) is 0 Å². The summed E-state index contributed by atoms with van der Waals surface area (Å²) in [5, 5.41) is 12.5. The zero-order chi connectivity index (χ0) is 13.8. The second-order valence-corrected chi connectivity index (χ2v) is 5.48. The summed E-state index contributed by atoms with van der Waals surface area (Å²) >= 11 is 1.40. The molecule has 0 radical (unpaired) electrons. The minimum Gasteiger partial charge on any atom is -0.387 e. The lowest BCUT2D eigenvalue weighted by molar-refractivity contribution is 0.0920. The molecule has 2 rings (SSSR count). The molecule has 1 amide bonds. The minimum absolute atomic E-state index is 0.0986. The number of nitrogens with one attached hydrogen (secondary N) is 1. The van der Waals surface area contributed by atoms with Gasteiger partial charge in [0.05, 0.1) is 11.0 Å². The van der Waals surface area contributed by atoms with E-state index in [1.54, 1.807) is 6.07 Å². The molecule has 0 spiro atoms. The summed E-state index contributed by atoms with van der Waals surface area (Å²) in [5.74, 6) is -0.562. The first-order valence-corrected chi connectivity index (χ1v) is 6.66. The van der Waals surface area contributed by atoms with Gasteiger partial charge >= 0.3 is 0 Å². The van der Waals surface area contributed by atoms with Crippen molar-refractivity contribution in [3.63, 3.8) is 0 Å². The first kappa shape index (κ1) is 13.7. The first-order valence-electron chi connectivity index (χ1n) is 5.84. The molecule has 0 saturated heterocycles. The van der Waals surface area contributed by atoms with E-state index in [0.29, 0.717) is 10.4 Å². The van der Waals surface area contributed by atoms with Crippen LogP contribution >= 0.6 is 11.3 Å². The van der Waals surface area contributed by atoms with Crippen LogP contribution in [0.5, 0.6) is 0 Å². The first-order chi connectivity index (χ1) is 9.06. The van der Waals surface area contributed by atoms with Crippen LogP contribution in [-0.2, 0) is 0 Å². The van der Waals surface area contributed by atoms with Gasteiger partial charge in [0.1, 0.15) is 5.82 Å². The Kier molecular flexibility index (Phi) is 4.29. The molecule has 5 heteroatoms. The monoisotopic (exact) mass is 279 g/mol. The van der Waals surface area contributed by atoms with E-state index in [0.717, 1.165) is 4.88 Å². The second-order valence-electron chi connectivity index (χ2n) is 4.19. The highest BCUT2D eigenvalue weighted by Gasteiger charge is 2.12. The van der Waals surface area contributed by atoms with Crippen LogP contribution in [0.2, 0.25) is 0 Å². The maximum Gasteiger partial charge on any atom is 0.261 e. The quantitative estimate of drug-likeness (QED) is 0.904. The Morgan fingerprint density at radius 2 is 2.00 bits per heavy atom. The number of thiophene rings is 1. The molecule has 0 aliphatic carbocycles. The van der Waals surface area contributed by atoms with Crippen molar-refractivity contribution in [3.05, 3.63) is 57.5 Å². The van der Waals surface area contributed by atoms with Crippen LogP contribution in [0, 0.1) is 12.7 Å². The van der Waals surface area contributed by atoms with Gasteiger partial charge in [-0.2, -0.15) is 0 Å². The smallest absolute Gasteiger partial charge is 0.261 e. The Bertz CT molecular complexity index is 565. The van der Waals surface area contributed by atoms with Crippen molar-refractivity contribution in [2.24, 2.45) is 0 Å². The van der Waals surface area contributed by atoms with Gasteiger partial charge in [0.15, 0.2) is 0 Å². The largest absolute Gasteiger partial charge is 0.387 e. The van der Waals surface area contributed by atoms with E-state index in [4.69, 9.17) is 0 Å². The average Bonchev–Trinajstić information content (AvgIpc) is 2.83. The Balaban J connectivity index is 1.91. The number of hydrogen-bond donors (Lipinski definition) is 2. The van der Waals surface area contributed by atoms with Crippen LogP contribution in [0.1, 0.15) is 26.2 Å². The van der Waals surface area contributed by atoms with Crippen LogP contribution < -0.4 is 5.32 Å². The predicted octanol–water partition coefficient (Wildman–Crippen LogP) is 2.66. The molecule has 0 saturated carbocycles. The van der Waals surface area contributed by atoms with Crippen molar-refractivity contribution in [2.45, 2.75) is 13.0 Å². The van der Waals surface area contributed by atoms with Gasteiger partial charge in [-0.15, -0.1) is 11.3 Å². The molecular formula is C14H14FNO2S. The number of rotatable bonds is 4. The third-order valence-electron chi connectivity index (χ3n) is 2.67. The molecule has 0 fully saturated rings. The third-order valence-corrected chi connectivity index (χ3v) is 3.67. The summed E-state index contributed by atoms with van der Waals surface area (Å²) in [7, 11) is 0. The van der Waals surface area contributed by atoms with Crippen molar-refractivity contribution in [3.8, 4) is 0 Å². The van der Waals surface area contributed by atoms with Crippen LogP contribution in [-0.4, -0.2) is 17.6 Å². The molecule has 0 bridgehead atoms. The predicted molar refractivity (Wildman–Crippen MR) is 72.7 cm³/mol. The molecule has 1 atom stereocenters. The molecule has 1 aromatic carbocycles. The number of amides is 1. The standard InChI is InChI=1S/C14H14FNO2S/c1-9-2-7-13(19-9)14(18)16-8-12(17)10-3-5-11(15)6-4-10/h2-7,12,17H,8H2,1H3,(H,16,18). The van der Waals surface area contributed by atoms with E-state index >= 15 is 0 Å². The van der Waals surface area contributed by atoms with Gasteiger partial charge in [-0.3, -0.25) is 4.79 Å². The number of aliphatic hydroxyl groups is 1. The average molecular weight is 279 g/mol. The molecule has 1 heterocycles. The van der Waals surface area contributed by atoms with Gasteiger partial charge < -0.3 is 10.4 Å². The van der Waals surface area contributed by atoms with Crippen molar-refractivity contribution in [1.29, 1.82) is 0 Å². The summed E-state index contributed by atoms with van der Waals surface area (Å²) in [4.78, 5) is 13.5. The number of carbonyl (C=O) groups is 1. The minimum atomic E-state index is -0.842. The van der Waals surface area contributed by atoms with Gasteiger partial charge in [-0.1, -0.05) is 12.1 Å². The number of halogens is 1. The molecule has 1 unspecified atom stereocenters. The van der Waals surface area contributed by atoms with Crippen LogP contribution in [0.3, 0.4) is 0 Å². The third kappa shape index (κ3) is 3.62. The van der Waals surface area contributed by atoms with Gasteiger partial charge in [-0.25, -0.2) is 4.39 Å². The molecule has 2 aromatic rings. The van der Waals surface area contributed by atoms with Gasteiger partial charge in [0, 0.05) is 11.4 Å². The summed E-state index contributed by atoms with van der Waals surface area (Å²) in [6, 6.07) is 9.19. The summed E-state index contributed by atoms with van der Waals surface area (Å²) in [6.07, 6.45) is -0.842. The maximum absolute atomic E-state index is 12.7. The SMILES string of the molecule is Cc1ccc(C(=O)NCC(O)c2ccc(F)cc2)s1. The van der Waals surface area contributed by atoms with Gasteiger partial charge in [-0.05, 0) is 36.8 Å². The summed E-state index contributed by atoms with van der Waals surface area (Å²) < 4.78 is 12.7. The molecule has 1 aromatic heterocycles. The van der Waals surface area contributed by atoms with E-state index in [1.807, 2.05) is 13.0 Å². The fourth-order valence-electron chi connectivity index (χ4n) is 1.64. The topological polar surface area (TPSA) is 49.3 Å². The Morgan fingerprint density at radius 1 is 1.32 bits per heavy atom. The van der Waals surface area contributed by atoms with E-state index < -0.39 is 6.10 Å². The zero-order valence-corrected chi connectivity index (χ0v) is 11.2. The van der Waals surface area contributed by atoms with Gasteiger partial charge in [0.25, 0.3) is 5.91 Å². The van der Waals surface area contributed by atoms with E-state index in [9.17, 15) is 14.3 Å². The molecule has 100 valence electrons. The number of hydrogen-bond acceptors (Lipinski definition) is 3. The van der Waals surface area contributed by atoms with E-state index in [1.165, 1.54) is 35.6 Å². The zero-order valence-electron chi connectivity index (χ0n) is 10.4. The Morgan fingerprint density at radius 3 is 2.58 bits per heavy atom. The molecular weight excluding hydrogens is 265 g/mol. The van der Waals surface area contributed by atoms with Crippen molar-refractivity contribution in [2.75, 3.05) is 6.54 Å². The Labute approximate surface area is 114 Å². The molecule has 19 heavy (non-hydrogen) atoms. The summed E-state index contributed by atoms with van der Waals surface area (Å²) in [5.41, 5.74) is 0.573. The second kappa shape index (κ2) is 5.95. The maximum atomic E-state index is 12.7. The highest BCUT2D eigenvalue weighted by molar-refractivity contribution is 7.13.